The van der Waals surface area contributed by atoms with Crippen LogP contribution in [-0.2, 0) is 6.42 Å². The van der Waals surface area contributed by atoms with Gasteiger partial charge >= 0.3 is 0 Å². The summed E-state index contributed by atoms with van der Waals surface area (Å²) in [6.45, 7) is 2.16. The predicted molar refractivity (Wildman–Crippen MR) is 79.1 cm³/mol. The molecule has 1 N–H and O–H groups in total. The van der Waals surface area contributed by atoms with Gasteiger partial charge in [0.15, 0.2) is 0 Å². The number of nitrogens with zero attached hydrogens (tertiary/aromatic N) is 1. The monoisotopic (exact) mass is 273 g/mol. The Labute approximate surface area is 118 Å². The second-order valence-electron chi connectivity index (χ2n) is 5.46. The Morgan fingerprint density at radius 1 is 1.26 bits per heavy atom. The van der Waals surface area contributed by atoms with E-state index in [-0.39, 0.29) is 6.10 Å². The van der Waals surface area contributed by atoms with Crippen LogP contribution in [0, 0.1) is 11.8 Å². The molecule has 1 aliphatic carbocycles. The Kier molecular flexibility index (Phi) is 3.67. The minimum Gasteiger partial charge on any atom is -0.393 e. The molecule has 3 rings (SSSR count). The van der Waals surface area contributed by atoms with Crippen LogP contribution < -0.4 is 0 Å². The Hall–Kier alpha value is -1.19. The van der Waals surface area contributed by atoms with Crippen LogP contribution in [0.3, 0.4) is 0 Å². The van der Waals surface area contributed by atoms with Gasteiger partial charge in [-0.15, -0.1) is 11.3 Å². The molecule has 3 atom stereocenters. The van der Waals surface area contributed by atoms with Crippen LogP contribution >= 0.6 is 11.3 Å². The van der Waals surface area contributed by atoms with Crippen LogP contribution in [-0.4, -0.2) is 16.2 Å². The van der Waals surface area contributed by atoms with Crippen molar-refractivity contribution in [1.29, 1.82) is 0 Å². The maximum atomic E-state index is 9.81. The van der Waals surface area contributed by atoms with E-state index in [1.807, 2.05) is 18.2 Å². The highest BCUT2D eigenvalue weighted by molar-refractivity contribution is 7.09. The predicted octanol–water partition coefficient (Wildman–Crippen LogP) is 3.76. The molecule has 1 heterocycles. The number of rotatable bonds is 3. The van der Waals surface area contributed by atoms with Crippen molar-refractivity contribution in [2.24, 2.45) is 11.8 Å². The van der Waals surface area contributed by atoms with Gasteiger partial charge in [0.2, 0.25) is 0 Å². The van der Waals surface area contributed by atoms with Gasteiger partial charge in [0.25, 0.3) is 0 Å². The first kappa shape index (κ1) is 12.8. The molecule has 1 fully saturated rings. The molecule has 0 saturated heterocycles. The van der Waals surface area contributed by atoms with Crippen molar-refractivity contribution < 1.29 is 5.11 Å². The number of hydrogen-bond acceptors (Lipinski definition) is 3. The second-order valence-corrected chi connectivity index (χ2v) is 6.40. The Bertz CT molecular complexity index is 537. The van der Waals surface area contributed by atoms with E-state index in [2.05, 4.69) is 24.4 Å². The smallest absolute Gasteiger partial charge is 0.0935 e. The molecule has 0 spiro atoms. The summed E-state index contributed by atoms with van der Waals surface area (Å²) in [5.41, 5.74) is 2.26. The SMILES string of the molecule is CC1C(O)CCC1Cc1nc(-c2ccccc2)cs1. The van der Waals surface area contributed by atoms with E-state index in [0.717, 1.165) is 25.0 Å². The van der Waals surface area contributed by atoms with Gasteiger partial charge in [0.1, 0.15) is 0 Å². The standard InChI is InChI=1S/C16H19NOS/c1-11-13(7-8-15(11)18)9-16-17-14(10-19-16)12-5-3-2-4-6-12/h2-6,10-11,13,15,18H,7-9H2,1H3. The van der Waals surface area contributed by atoms with Crippen LogP contribution in [0.1, 0.15) is 24.8 Å². The largest absolute Gasteiger partial charge is 0.393 e. The fourth-order valence-corrected chi connectivity index (χ4v) is 3.78. The molecule has 100 valence electrons. The van der Waals surface area contributed by atoms with E-state index in [1.54, 1.807) is 11.3 Å². The van der Waals surface area contributed by atoms with Crippen molar-refractivity contribution in [2.75, 3.05) is 0 Å². The van der Waals surface area contributed by atoms with Crippen LogP contribution in [0.15, 0.2) is 35.7 Å². The Balaban J connectivity index is 1.72. The summed E-state index contributed by atoms with van der Waals surface area (Å²) in [4.78, 5) is 4.74. The Morgan fingerprint density at radius 2 is 2.05 bits per heavy atom. The van der Waals surface area contributed by atoms with Gasteiger partial charge in [0, 0.05) is 17.4 Å². The molecule has 19 heavy (non-hydrogen) atoms. The highest BCUT2D eigenvalue weighted by atomic mass is 32.1. The number of aliphatic hydroxyl groups is 1. The zero-order chi connectivity index (χ0) is 13.2. The van der Waals surface area contributed by atoms with Gasteiger partial charge in [-0.25, -0.2) is 4.98 Å². The third kappa shape index (κ3) is 2.72. The second kappa shape index (κ2) is 5.43. The lowest BCUT2D eigenvalue weighted by Crippen LogP contribution is -2.16. The van der Waals surface area contributed by atoms with E-state index in [9.17, 15) is 5.11 Å². The maximum Gasteiger partial charge on any atom is 0.0935 e. The van der Waals surface area contributed by atoms with Crippen molar-refractivity contribution in [2.45, 2.75) is 32.3 Å². The van der Waals surface area contributed by atoms with Gasteiger partial charge < -0.3 is 5.11 Å². The van der Waals surface area contributed by atoms with Crippen molar-refractivity contribution in [3.63, 3.8) is 0 Å². The zero-order valence-electron chi connectivity index (χ0n) is 11.1. The van der Waals surface area contributed by atoms with Crippen molar-refractivity contribution >= 4 is 11.3 Å². The molecule has 0 bridgehead atoms. The lowest BCUT2D eigenvalue weighted by atomic mass is 9.94. The number of hydrogen-bond donors (Lipinski definition) is 1. The fraction of sp³-hybridized carbons (Fsp3) is 0.438. The molecule has 1 aromatic carbocycles. The fourth-order valence-electron chi connectivity index (χ4n) is 2.88. The molecule has 1 aliphatic rings. The molecule has 0 radical (unpaired) electrons. The van der Waals surface area contributed by atoms with E-state index < -0.39 is 0 Å². The summed E-state index contributed by atoms with van der Waals surface area (Å²) in [6, 6.07) is 10.3. The molecular formula is C16H19NOS. The van der Waals surface area contributed by atoms with E-state index in [4.69, 9.17) is 4.98 Å². The summed E-state index contributed by atoms with van der Waals surface area (Å²) >= 11 is 1.74. The molecule has 1 aromatic heterocycles. The topological polar surface area (TPSA) is 33.1 Å². The quantitative estimate of drug-likeness (QED) is 0.923. The van der Waals surface area contributed by atoms with E-state index in [0.29, 0.717) is 11.8 Å². The molecular weight excluding hydrogens is 254 g/mol. The number of thiazole rings is 1. The average molecular weight is 273 g/mol. The Morgan fingerprint density at radius 3 is 2.74 bits per heavy atom. The lowest BCUT2D eigenvalue weighted by molar-refractivity contribution is 0.127. The molecule has 0 aliphatic heterocycles. The van der Waals surface area contributed by atoms with Crippen LogP contribution in [0.4, 0.5) is 0 Å². The van der Waals surface area contributed by atoms with Crippen molar-refractivity contribution in [3.05, 3.63) is 40.7 Å². The molecule has 3 heteroatoms. The van der Waals surface area contributed by atoms with Crippen LogP contribution in [0.2, 0.25) is 0 Å². The summed E-state index contributed by atoms with van der Waals surface area (Å²) in [5, 5.41) is 13.2. The van der Waals surface area contributed by atoms with Crippen LogP contribution in [0.5, 0.6) is 0 Å². The third-order valence-corrected chi connectivity index (χ3v) is 5.11. The lowest BCUT2D eigenvalue weighted by Gasteiger charge is -2.15. The summed E-state index contributed by atoms with van der Waals surface area (Å²) in [5.74, 6) is 0.994. The van der Waals surface area contributed by atoms with Gasteiger partial charge in [-0.3, -0.25) is 0 Å². The first-order valence-corrected chi connectivity index (χ1v) is 7.80. The van der Waals surface area contributed by atoms with Crippen LogP contribution in [0.25, 0.3) is 11.3 Å². The normalized spacial score (nSPS) is 26.7. The maximum absolute atomic E-state index is 9.81. The van der Waals surface area contributed by atoms with Gasteiger partial charge in [-0.05, 0) is 24.7 Å². The molecule has 2 nitrogen and oxygen atoms in total. The summed E-state index contributed by atoms with van der Waals surface area (Å²) < 4.78 is 0. The summed E-state index contributed by atoms with van der Waals surface area (Å²) in [7, 11) is 0. The molecule has 0 amide bonds. The molecule has 2 aromatic rings. The number of benzene rings is 1. The van der Waals surface area contributed by atoms with Gasteiger partial charge in [0.05, 0.1) is 16.8 Å². The van der Waals surface area contributed by atoms with Crippen molar-refractivity contribution in [1.82, 2.24) is 4.98 Å². The highest BCUT2D eigenvalue weighted by Crippen LogP contribution is 2.35. The minimum atomic E-state index is -0.112. The average Bonchev–Trinajstić information content (AvgIpc) is 3.02. The first-order valence-electron chi connectivity index (χ1n) is 6.92. The van der Waals surface area contributed by atoms with Crippen molar-refractivity contribution in [3.8, 4) is 11.3 Å². The first-order chi connectivity index (χ1) is 9.24. The van der Waals surface area contributed by atoms with E-state index in [1.165, 1.54) is 10.6 Å². The summed E-state index contributed by atoms with van der Waals surface area (Å²) in [6.07, 6.45) is 2.97. The minimum absolute atomic E-state index is 0.112. The highest BCUT2D eigenvalue weighted by Gasteiger charge is 2.31. The van der Waals surface area contributed by atoms with Gasteiger partial charge in [-0.2, -0.15) is 0 Å². The third-order valence-electron chi connectivity index (χ3n) is 4.24. The zero-order valence-corrected chi connectivity index (χ0v) is 11.9. The van der Waals surface area contributed by atoms with E-state index >= 15 is 0 Å². The van der Waals surface area contributed by atoms with Gasteiger partial charge in [-0.1, -0.05) is 37.3 Å². The number of aliphatic hydroxyl groups excluding tert-OH is 1. The molecule has 3 unspecified atom stereocenters. The molecule has 1 saturated carbocycles. The number of aromatic nitrogens is 1.